The van der Waals surface area contributed by atoms with Gasteiger partial charge >= 0.3 is 0 Å². The van der Waals surface area contributed by atoms with Crippen LogP contribution in [0.5, 0.6) is 0 Å². The van der Waals surface area contributed by atoms with E-state index in [1.807, 2.05) is 39.2 Å². The number of hydrogen-bond donors (Lipinski definition) is 1. The number of rotatable bonds is 7. The lowest BCUT2D eigenvalue weighted by Gasteiger charge is -2.25. The summed E-state index contributed by atoms with van der Waals surface area (Å²) in [6, 6.07) is 10.3. The van der Waals surface area contributed by atoms with Crippen LogP contribution in [0.4, 0.5) is 0 Å². The van der Waals surface area contributed by atoms with Crippen molar-refractivity contribution in [2.75, 3.05) is 33.9 Å². The van der Waals surface area contributed by atoms with Crippen molar-refractivity contribution in [1.29, 1.82) is 0 Å². The van der Waals surface area contributed by atoms with Crippen LogP contribution in [-0.2, 0) is 9.53 Å². The molecule has 0 bridgehead atoms. The van der Waals surface area contributed by atoms with E-state index in [4.69, 9.17) is 4.74 Å². The van der Waals surface area contributed by atoms with Crippen molar-refractivity contribution < 1.29 is 9.53 Å². The third-order valence-corrected chi connectivity index (χ3v) is 2.74. The molecule has 4 nitrogen and oxygen atoms in total. The van der Waals surface area contributed by atoms with E-state index in [1.54, 1.807) is 0 Å². The minimum absolute atomic E-state index is 0.0698. The third kappa shape index (κ3) is 4.85. The van der Waals surface area contributed by atoms with Gasteiger partial charge in [-0.1, -0.05) is 30.3 Å². The zero-order valence-electron chi connectivity index (χ0n) is 11.3. The number of benzene rings is 1. The fourth-order valence-corrected chi connectivity index (χ4v) is 1.73. The third-order valence-electron chi connectivity index (χ3n) is 2.74. The Hall–Kier alpha value is -1.39. The Balaban J connectivity index is 2.52. The molecule has 0 saturated carbocycles. The van der Waals surface area contributed by atoms with Crippen molar-refractivity contribution in [2.24, 2.45) is 0 Å². The highest BCUT2D eigenvalue weighted by atomic mass is 16.5. The summed E-state index contributed by atoms with van der Waals surface area (Å²) in [7, 11) is 4.01. The summed E-state index contributed by atoms with van der Waals surface area (Å²) < 4.78 is 5.07. The number of likely N-dealkylation sites (N-methyl/N-ethyl adjacent to an activating group) is 1. The summed E-state index contributed by atoms with van der Waals surface area (Å²) in [4.78, 5) is 13.6. The van der Waals surface area contributed by atoms with Crippen LogP contribution in [0.3, 0.4) is 0 Å². The van der Waals surface area contributed by atoms with Crippen LogP contribution in [0.2, 0.25) is 0 Å². The van der Waals surface area contributed by atoms with E-state index in [0.717, 1.165) is 0 Å². The molecule has 0 aliphatic rings. The van der Waals surface area contributed by atoms with Crippen LogP contribution in [0, 0.1) is 0 Å². The van der Waals surface area contributed by atoms with Gasteiger partial charge in [0.15, 0.2) is 0 Å². The van der Waals surface area contributed by atoms with Crippen LogP contribution in [-0.4, -0.2) is 44.7 Å². The standard InChI is InChI=1S/C14H22N2O2/c1-4-18-11-14(17)15-10-13(16(2)3)12-8-6-5-7-9-12/h5-9,13H,4,10-11H2,1-3H3,(H,15,17). The van der Waals surface area contributed by atoms with Gasteiger partial charge in [-0.3, -0.25) is 4.79 Å². The van der Waals surface area contributed by atoms with Crippen molar-refractivity contribution in [1.82, 2.24) is 10.2 Å². The van der Waals surface area contributed by atoms with Crippen molar-refractivity contribution in [3.05, 3.63) is 35.9 Å². The van der Waals surface area contributed by atoms with E-state index in [-0.39, 0.29) is 18.6 Å². The molecule has 1 amide bonds. The van der Waals surface area contributed by atoms with E-state index < -0.39 is 0 Å². The van der Waals surface area contributed by atoms with Crippen molar-refractivity contribution >= 4 is 5.91 Å². The second-order valence-electron chi connectivity index (χ2n) is 4.33. The van der Waals surface area contributed by atoms with Gasteiger partial charge in [0.1, 0.15) is 6.61 Å². The average Bonchev–Trinajstić information content (AvgIpc) is 2.37. The molecule has 1 atom stereocenters. The summed E-state index contributed by atoms with van der Waals surface area (Å²) >= 11 is 0. The molecule has 1 unspecified atom stereocenters. The first-order chi connectivity index (χ1) is 8.65. The predicted molar refractivity (Wildman–Crippen MR) is 72.4 cm³/mol. The Morgan fingerprint density at radius 3 is 2.56 bits per heavy atom. The molecule has 0 heterocycles. The average molecular weight is 250 g/mol. The number of amides is 1. The van der Waals surface area contributed by atoms with E-state index in [0.29, 0.717) is 13.2 Å². The monoisotopic (exact) mass is 250 g/mol. The highest BCUT2D eigenvalue weighted by Gasteiger charge is 2.14. The molecule has 100 valence electrons. The zero-order valence-corrected chi connectivity index (χ0v) is 11.3. The van der Waals surface area contributed by atoms with Gasteiger partial charge in [0.05, 0.1) is 6.04 Å². The lowest BCUT2D eigenvalue weighted by atomic mass is 10.1. The van der Waals surface area contributed by atoms with E-state index in [2.05, 4.69) is 22.3 Å². The molecule has 0 radical (unpaired) electrons. The van der Waals surface area contributed by atoms with Crippen LogP contribution >= 0.6 is 0 Å². The van der Waals surface area contributed by atoms with Gasteiger partial charge in [0.2, 0.25) is 5.91 Å². The molecule has 0 aliphatic heterocycles. The van der Waals surface area contributed by atoms with Gasteiger partial charge in [0, 0.05) is 13.2 Å². The van der Waals surface area contributed by atoms with Crippen molar-refractivity contribution in [3.63, 3.8) is 0 Å². The number of ether oxygens (including phenoxy) is 1. The van der Waals surface area contributed by atoms with Gasteiger partial charge < -0.3 is 15.0 Å². The number of hydrogen-bond acceptors (Lipinski definition) is 3. The summed E-state index contributed by atoms with van der Waals surface area (Å²) in [5.41, 5.74) is 1.19. The molecular weight excluding hydrogens is 228 g/mol. The molecule has 1 rings (SSSR count). The number of nitrogens with zero attached hydrogens (tertiary/aromatic N) is 1. The maximum atomic E-state index is 11.5. The fraction of sp³-hybridized carbons (Fsp3) is 0.500. The second kappa shape index (κ2) is 7.84. The summed E-state index contributed by atoms with van der Waals surface area (Å²) in [6.45, 7) is 3.15. The van der Waals surface area contributed by atoms with E-state index >= 15 is 0 Å². The van der Waals surface area contributed by atoms with E-state index in [1.165, 1.54) is 5.56 Å². The Labute approximate surface area is 109 Å². The van der Waals surface area contributed by atoms with Crippen LogP contribution in [0.1, 0.15) is 18.5 Å². The SMILES string of the molecule is CCOCC(=O)NCC(c1ccccc1)N(C)C. The normalized spacial score (nSPS) is 12.4. The van der Waals surface area contributed by atoms with Gasteiger partial charge in [-0.25, -0.2) is 0 Å². The zero-order chi connectivity index (χ0) is 13.4. The molecule has 1 aromatic carbocycles. The largest absolute Gasteiger partial charge is 0.372 e. The minimum atomic E-state index is -0.0698. The maximum Gasteiger partial charge on any atom is 0.246 e. The van der Waals surface area contributed by atoms with Gasteiger partial charge in [-0.2, -0.15) is 0 Å². The summed E-state index contributed by atoms with van der Waals surface area (Å²) in [5.74, 6) is -0.0698. The predicted octanol–water partition coefficient (Wildman–Crippen LogP) is 1.44. The lowest BCUT2D eigenvalue weighted by molar-refractivity contribution is -0.125. The Morgan fingerprint density at radius 1 is 1.33 bits per heavy atom. The molecular formula is C14H22N2O2. The molecule has 18 heavy (non-hydrogen) atoms. The first-order valence-corrected chi connectivity index (χ1v) is 6.21. The molecule has 4 heteroatoms. The van der Waals surface area contributed by atoms with Crippen LogP contribution in [0.25, 0.3) is 0 Å². The molecule has 0 aromatic heterocycles. The Kier molecular flexibility index (Phi) is 6.39. The number of carbonyl (C=O) groups is 1. The van der Waals surface area contributed by atoms with Crippen molar-refractivity contribution in [3.8, 4) is 0 Å². The highest BCUT2D eigenvalue weighted by molar-refractivity contribution is 5.77. The highest BCUT2D eigenvalue weighted by Crippen LogP contribution is 2.16. The fourth-order valence-electron chi connectivity index (χ4n) is 1.73. The summed E-state index contributed by atoms with van der Waals surface area (Å²) in [5, 5.41) is 2.89. The number of carbonyl (C=O) groups excluding carboxylic acids is 1. The molecule has 0 saturated heterocycles. The quantitative estimate of drug-likeness (QED) is 0.796. The topological polar surface area (TPSA) is 41.6 Å². The lowest BCUT2D eigenvalue weighted by Crippen LogP contribution is -2.36. The molecule has 0 spiro atoms. The second-order valence-corrected chi connectivity index (χ2v) is 4.33. The first-order valence-electron chi connectivity index (χ1n) is 6.21. The molecule has 1 N–H and O–H groups in total. The first kappa shape index (κ1) is 14.7. The maximum absolute atomic E-state index is 11.5. The smallest absolute Gasteiger partial charge is 0.246 e. The molecule has 0 fully saturated rings. The van der Waals surface area contributed by atoms with Gasteiger partial charge in [0.25, 0.3) is 0 Å². The molecule has 0 aliphatic carbocycles. The minimum Gasteiger partial charge on any atom is -0.372 e. The summed E-state index contributed by atoms with van der Waals surface area (Å²) in [6.07, 6.45) is 0. The van der Waals surface area contributed by atoms with Crippen molar-refractivity contribution in [2.45, 2.75) is 13.0 Å². The Bertz CT molecular complexity index is 352. The number of nitrogens with one attached hydrogen (secondary N) is 1. The van der Waals surface area contributed by atoms with Crippen LogP contribution < -0.4 is 5.32 Å². The Morgan fingerprint density at radius 2 is 2.00 bits per heavy atom. The van der Waals surface area contributed by atoms with Crippen LogP contribution in [0.15, 0.2) is 30.3 Å². The molecule has 1 aromatic rings. The van der Waals surface area contributed by atoms with E-state index in [9.17, 15) is 4.79 Å². The van der Waals surface area contributed by atoms with Gasteiger partial charge in [-0.05, 0) is 26.6 Å². The van der Waals surface area contributed by atoms with Gasteiger partial charge in [-0.15, -0.1) is 0 Å².